The van der Waals surface area contributed by atoms with Crippen molar-refractivity contribution in [2.24, 2.45) is 0 Å². The van der Waals surface area contributed by atoms with Crippen LogP contribution < -0.4 is 4.74 Å². The van der Waals surface area contributed by atoms with Crippen molar-refractivity contribution in [2.75, 3.05) is 14.2 Å². The predicted octanol–water partition coefficient (Wildman–Crippen LogP) is 2.74. The largest absolute Gasteiger partial charge is 0.507 e. The number of hydrogen-bond acceptors (Lipinski definition) is 4. The Morgan fingerprint density at radius 2 is 1.95 bits per heavy atom. The van der Waals surface area contributed by atoms with Crippen LogP contribution in [0.2, 0.25) is 0 Å². The monoisotopic (exact) mass is 256 g/mol. The lowest BCUT2D eigenvalue weighted by Gasteiger charge is -2.19. The molecule has 0 unspecified atom stereocenters. The summed E-state index contributed by atoms with van der Waals surface area (Å²) in [6.45, 7) is 0. The zero-order chi connectivity index (χ0) is 13.6. The van der Waals surface area contributed by atoms with Crippen LogP contribution in [-0.2, 0) is 4.74 Å². The summed E-state index contributed by atoms with van der Waals surface area (Å²) in [5.74, 6) is 0.688. The first-order valence-electron chi connectivity index (χ1n) is 5.80. The van der Waals surface area contributed by atoms with E-state index in [4.69, 9.17) is 9.47 Å². The minimum absolute atomic E-state index is 0.0757. The minimum Gasteiger partial charge on any atom is -0.507 e. The van der Waals surface area contributed by atoms with Gasteiger partial charge in [-0.2, -0.15) is 0 Å². The lowest BCUT2D eigenvalue weighted by Crippen LogP contribution is -2.07. The highest BCUT2D eigenvalue weighted by atomic mass is 16.5. The summed E-state index contributed by atoms with van der Waals surface area (Å²) in [5, 5.41) is 11.5. The molecule has 0 heterocycles. The van der Waals surface area contributed by atoms with Gasteiger partial charge in [-0.05, 0) is 0 Å². The van der Waals surface area contributed by atoms with Gasteiger partial charge in [0.25, 0.3) is 0 Å². The molecule has 0 spiro atoms. The fourth-order valence-corrected chi connectivity index (χ4v) is 2.49. The van der Waals surface area contributed by atoms with E-state index < -0.39 is 0 Å². The van der Waals surface area contributed by atoms with Crippen LogP contribution in [0.4, 0.5) is 0 Å². The normalized spacial score (nSPS) is 13.4. The summed E-state index contributed by atoms with van der Waals surface area (Å²) < 4.78 is 10.5. The van der Waals surface area contributed by atoms with Gasteiger partial charge in [0, 0.05) is 28.5 Å². The summed E-state index contributed by atoms with van der Waals surface area (Å²) in [4.78, 5) is 12.1. The summed E-state index contributed by atoms with van der Waals surface area (Å²) in [7, 11) is 3.05. The quantitative estimate of drug-likeness (QED) is 0.897. The van der Waals surface area contributed by atoms with Gasteiger partial charge in [0.05, 0.1) is 19.8 Å². The molecule has 1 aliphatic rings. The molecule has 0 aromatic heterocycles. The Balaban J connectivity index is 2.52. The highest BCUT2D eigenvalue weighted by Crippen LogP contribution is 2.41. The van der Waals surface area contributed by atoms with E-state index in [0.29, 0.717) is 22.5 Å². The van der Waals surface area contributed by atoms with E-state index in [1.807, 2.05) is 18.2 Å². The van der Waals surface area contributed by atoms with Crippen molar-refractivity contribution in [1.29, 1.82) is 0 Å². The van der Waals surface area contributed by atoms with Crippen LogP contribution in [0.3, 0.4) is 0 Å². The number of phenolic OH excluding ortho intramolecular Hbond substituents is 1. The second-order valence-corrected chi connectivity index (χ2v) is 4.28. The van der Waals surface area contributed by atoms with Gasteiger partial charge in [-0.25, -0.2) is 0 Å². The van der Waals surface area contributed by atoms with E-state index in [1.165, 1.54) is 26.4 Å². The smallest absolute Gasteiger partial charge is 0.193 e. The average molecular weight is 256 g/mol. The van der Waals surface area contributed by atoms with Crippen molar-refractivity contribution in [1.82, 2.24) is 0 Å². The van der Waals surface area contributed by atoms with Gasteiger partial charge in [0.1, 0.15) is 17.3 Å². The van der Waals surface area contributed by atoms with Gasteiger partial charge in [-0.1, -0.05) is 18.2 Å². The van der Waals surface area contributed by atoms with Crippen LogP contribution in [0.5, 0.6) is 11.5 Å². The second kappa shape index (κ2) is 4.02. The number of methoxy groups -OCH3 is 2. The van der Waals surface area contributed by atoms with E-state index in [2.05, 4.69) is 0 Å². The van der Waals surface area contributed by atoms with E-state index in [9.17, 15) is 9.90 Å². The number of aromatic hydroxyl groups is 1. The van der Waals surface area contributed by atoms with Gasteiger partial charge in [0.15, 0.2) is 5.78 Å². The van der Waals surface area contributed by atoms with Crippen LogP contribution in [0.15, 0.2) is 30.3 Å². The molecular weight excluding hydrogens is 244 g/mol. The maximum Gasteiger partial charge on any atom is 0.193 e. The number of benzene rings is 2. The molecule has 1 N–H and O–H groups in total. The molecule has 96 valence electrons. The Kier molecular flexibility index (Phi) is 2.45. The first kappa shape index (κ1) is 11.6. The average Bonchev–Trinajstić information content (AvgIpc) is 2.43. The van der Waals surface area contributed by atoms with Crippen molar-refractivity contribution in [3.05, 3.63) is 41.5 Å². The molecule has 4 nitrogen and oxygen atoms in total. The number of allylic oxidation sites excluding steroid dienone is 1. The molecule has 0 saturated carbocycles. The van der Waals surface area contributed by atoms with Gasteiger partial charge in [0.2, 0.25) is 0 Å². The molecule has 0 aliphatic heterocycles. The second-order valence-electron chi connectivity index (χ2n) is 4.28. The third kappa shape index (κ3) is 1.50. The van der Waals surface area contributed by atoms with Gasteiger partial charge in [-0.15, -0.1) is 0 Å². The van der Waals surface area contributed by atoms with E-state index in [1.54, 1.807) is 0 Å². The fraction of sp³-hybridized carbons (Fsp3) is 0.133. The number of ketones is 1. The minimum atomic E-state index is -0.263. The summed E-state index contributed by atoms with van der Waals surface area (Å²) in [6, 6.07) is 7.04. The molecule has 1 aliphatic carbocycles. The number of carbonyl (C=O) groups is 1. The van der Waals surface area contributed by atoms with Crippen molar-refractivity contribution in [2.45, 2.75) is 0 Å². The summed E-state index contributed by atoms with van der Waals surface area (Å²) in [6.07, 6.45) is 1.39. The fourth-order valence-electron chi connectivity index (χ4n) is 2.49. The first-order chi connectivity index (χ1) is 9.17. The molecule has 0 amide bonds. The molecule has 3 rings (SSSR count). The number of hydrogen-bond donors (Lipinski definition) is 1. The van der Waals surface area contributed by atoms with Crippen molar-refractivity contribution >= 4 is 22.3 Å². The Labute approximate surface area is 109 Å². The number of phenols is 1. The topological polar surface area (TPSA) is 55.8 Å². The number of rotatable bonds is 2. The maximum atomic E-state index is 12.1. The van der Waals surface area contributed by atoms with E-state index >= 15 is 0 Å². The third-order valence-electron chi connectivity index (χ3n) is 3.32. The van der Waals surface area contributed by atoms with Gasteiger partial charge < -0.3 is 14.6 Å². The van der Waals surface area contributed by atoms with Crippen molar-refractivity contribution in [3.63, 3.8) is 0 Å². The number of carbonyl (C=O) groups excluding carboxylic acids is 1. The zero-order valence-electron chi connectivity index (χ0n) is 10.6. The first-order valence-corrected chi connectivity index (χ1v) is 5.80. The molecule has 0 saturated heterocycles. The Bertz CT molecular complexity index is 728. The molecule has 0 bridgehead atoms. The highest BCUT2D eigenvalue weighted by molar-refractivity contribution is 6.23. The molecule has 4 heteroatoms. The van der Waals surface area contributed by atoms with Crippen LogP contribution in [0.25, 0.3) is 16.5 Å². The van der Waals surface area contributed by atoms with Crippen molar-refractivity contribution < 1.29 is 19.4 Å². The molecule has 2 aromatic rings. The number of ether oxygens (including phenoxy) is 2. The zero-order valence-corrected chi connectivity index (χ0v) is 10.6. The molecule has 0 radical (unpaired) electrons. The highest BCUT2D eigenvalue weighted by Gasteiger charge is 2.25. The van der Waals surface area contributed by atoms with Crippen LogP contribution >= 0.6 is 0 Å². The molecular formula is C15H12O4. The third-order valence-corrected chi connectivity index (χ3v) is 3.32. The van der Waals surface area contributed by atoms with Crippen LogP contribution in [0.1, 0.15) is 15.9 Å². The van der Waals surface area contributed by atoms with Crippen LogP contribution in [-0.4, -0.2) is 25.1 Å². The Morgan fingerprint density at radius 3 is 2.63 bits per heavy atom. The summed E-state index contributed by atoms with van der Waals surface area (Å²) >= 11 is 0. The molecule has 2 aromatic carbocycles. The Hall–Kier alpha value is -2.49. The predicted molar refractivity (Wildman–Crippen MR) is 71.5 cm³/mol. The lowest BCUT2D eigenvalue weighted by atomic mass is 9.90. The molecule has 19 heavy (non-hydrogen) atoms. The Morgan fingerprint density at radius 1 is 1.16 bits per heavy atom. The van der Waals surface area contributed by atoms with E-state index in [0.717, 1.165) is 10.9 Å². The van der Waals surface area contributed by atoms with Crippen molar-refractivity contribution in [3.8, 4) is 11.5 Å². The SMILES string of the molecule is COC1=CC(=O)c2c(O)cc(OC)c3cccc1c23. The van der Waals surface area contributed by atoms with Gasteiger partial charge >= 0.3 is 0 Å². The van der Waals surface area contributed by atoms with Gasteiger partial charge in [-0.3, -0.25) is 4.79 Å². The van der Waals surface area contributed by atoms with Crippen LogP contribution in [0, 0.1) is 0 Å². The molecule has 0 fully saturated rings. The lowest BCUT2D eigenvalue weighted by molar-refractivity contribution is 0.104. The standard InChI is InChI=1S/C15H12O4/c1-18-12-6-10(16)15-11(17)7-13(19-2)9-5-3-4-8(12)14(9)15/h3-7,16H,1-2H3. The van der Waals surface area contributed by atoms with E-state index in [-0.39, 0.29) is 11.5 Å². The maximum absolute atomic E-state index is 12.1. The molecule has 0 atom stereocenters. The summed E-state index contributed by atoms with van der Waals surface area (Å²) in [5.41, 5.74) is 1.08.